The molecule has 1 aromatic carbocycles. The number of nitrogens with zero attached hydrogens (tertiary/aromatic N) is 2. The number of hydrogen-bond donors (Lipinski definition) is 1. The third kappa shape index (κ3) is 3.07. The van der Waals surface area contributed by atoms with Crippen LogP contribution in [0.25, 0.3) is 11.3 Å². The first-order chi connectivity index (χ1) is 9.54. The van der Waals surface area contributed by atoms with Crippen LogP contribution in [0.3, 0.4) is 0 Å². The molecule has 0 aliphatic rings. The highest BCUT2D eigenvalue weighted by atomic mass is 79.9. The van der Waals surface area contributed by atoms with Gasteiger partial charge in [0.25, 0.3) is 0 Å². The quantitative estimate of drug-likeness (QED) is 0.804. The molecule has 20 heavy (non-hydrogen) atoms. The van der Waals surface area contributed by atoms with Crippen LogP contribution in [-0.2, 0) is 0 Å². The molecule has 0 fully saturated rings. The highest BCUT2D eigenvalue weighted by Crippen LogP contribution is 2.33. The van der Waals surface area contributed by atoms with E-state index in [1.807, 2.05) is 6.92 Å². The van der Waals surface area contributed by atoms with Crippen molar-refractivity contribution in [2.75, 3.05) is 11.9 Å². The molecule has 0 atom stereocenters. The van der Waals surface area contributed by atoms with Crippen LogP contribution >= 0.6 is 27.5 Å². The Balaban J connectivity index is 2.49. The van der Waals surface area contributed by atoms with Gasteiger partial charge in [0.1, 0.15) is 5.69 Å². The van der Waals surface area contributed by atoms with Gasteiger partial charge in [-0.05, 0) is 34.5 Å². The molecule has 2 rings (SSSR count). The van der Waals surface area contributed by atoms with Crippen molar-refractivity contribution >= 4 is 33.5 Å². The van der Waals surface area contributed by atoms with E-state index in [2.05, 4.69) is 31.2 Å². The number of aromatic nitrogens is 2. The van der Waals surface area contributed by atoms with Gasteiger partial charge in [0.15, 0.2) is 11.6 Å². The van der Waals surface area contributed by atoms with E-state index < -0.39 is 11.6 Å². The summed E-state index contributed by atoms with van der Waals surface area (Å²) in [5, 5.41) is 2.82. The van der Waals surface area contributed by atoms with Crippen LogP contribution in [0.2, 0.25) is 5.02 Å². The van der Waals surface area contributed by atoms with Crippen LogP contribution in [0.5, 0.6) is 0 Å². The predicted molar refractivity (Wildman–Crippen MR) is 78.9 cm³/mol. The van der Waals surface area contributed by atoms with Crippen LogP contribution in [0.4, 0.5) is 14.7 Å². The van der Waals surface area contributed by atoms with Gasteiger partial charge in [0.2, 0.25) is 5.95 Å². The fraction of sp³-hybridized carbons (Fsp3) is 0.231. The number of anilines is 1. The molecule has 0 spiro atoms. The molecular weight excluding hydrogens is 352 g/mol. The molecule has 7 heteroatoms. The average molecular weight is 363 g/mol. The van der Waals surface area contributed by atoms with Crippen molar-refractivity contribution in [3.63, 3.8) is 0 Å². The number of hydrogen-bond acceptors (Lipinski definition) is 3. The Morgan fingerprint density at radius 1 is 1.35 bits per heavy atom. The molecule has 0 saturated carbocycles. The van der Waals surface area contributed by atoms with Gasteiger partial charge in [0, 0.05) is 16.6 Å². The van der Waals surface area contributed by atoms with Gasteiger partial charge in [0.05, 0.1) is 11.2 Å². The first kappa shape index (κ1) is 15.1. The maximum Gasteiger partial charge on any atom is 0.223 e. The zero-order chi connectivity index (χ0) is 14.7. The second-order valence-corrected chi connectivity index (χ2v) is 5.27. The van der Waals surface area contributed by atoms with E-state index >= 15 is 0 Å². The van der Waals surface area contributed by atoms with Crippen LogP contribution in [0, 0.1) is 11.6 Å². The van der Waals surface area contributed by atoms with Gasteiger partial charge in [-0.25, -0.2) is 18.7 Å². The Hall–Kier alpha value is -1.27. The molecule has 0 aliphatic carbocycles. The Bertz CT molecular complexity index is 637. The minimum absolute atomic E-state index is 0.00218. The fourth-order valence-electron chi connectivity index (χ4n) is 1.59. The minimum Gasteiger partial charge on any atom is -0.354 e. The maximum atomic E-state index is 14.1. The van der Waals surface area contributed by atoms with E-state index in [1.54, 1.807) is 6.07 Å². The molecular formula is C13H11BrClF2N3. The van der Waals surface area contributed by atoms with E-state index in [0.29, 0.717) is 11.0 Å². The second-order valence-electron chi connectivity index (χ2n) is 4.04. The lowest BCUT2D eigenvalue weighted by atomic mass is 10.1. The topological polar surface area (TPSA) is 37.8 Å². The highest BCUT2D eigenvalue weighted by Gasteiger charge is 2.17. The fourth-order valence-corrected chi connectivity index (χ4v) is 2.06. The summed E-state index contributed by atoms with van der Waals surface area (Å²) in [6.07, 6.45) is 1.88. The Labute approximate surface area is 128 Å². The average Bonchev–Trinajstić information content (AvgIpc) is 2.45. The minimum atomic E-state index is -0.722. The summed E-state index contributed by atoms with van der Waals surface area (Å²) in [6.45, 7) is 2.63. The summed E-state index contributed by atoms with van der Waals surface area (Å²) >= 11 is 8.91. The lowest BCUT2D eigenvalue weighted by molar-refractivity contribution is 0.606. The van der Waals surface area contributed by atoms with E-state index in [4.69, 9.17) is 11.6 Å². The van der Waals surface area contributed by atoms with Gasteiger partial charge in [-0.15, -0.1) is 0 Å². The van der Waals surface area contributed by atoms with Gasteiger partial charge in [-0.1, -0.05) is 18.5 Å². The smallest absolute Gasteiger partial charge is 0.223 e. The molecule has 3 nitrogen and oxygen atoms in total. The summed E-state index contributed by atoms with van der Waals surface area (Å²) in [6, 6.07) is 2.96. The lowest BCUT2D eigenvalue weighted by Gasteiger charge is -2.09. The summed E-state index contributed by atoms with van der Waals surface area (Å²) in [5.41, 5.74) is -0.122. The molecule has 106 valence electrons. The van der Waals surface area contributed by atoms with Gasteiger partial charge in [-0.3, -0.25) is 0 Å². The van der Waals surface area contributed by atoms with Crippen molar-refractivity contribution in [1.29, 1.82) is 0 Å². The Kier molecular flexibility index (Phi) is 4.88. The lowest BCUT2D eigenvalue weighted by Crippen LogP contribution is -2.06. The van der Waals surface area contributed by atoms with Crippen molar-refractivity contribution in [2.45, 2.75) is 13.3 Å². The van der Waals surface area contributed by atoms with Crippen molar-refractivity contribution in [3.8, 4) is 11.3 Å². The van der Waals surface area contributed by atoms with Crippen LogP contribution < -0.4 is 5.32 Å². The second kappa shape index (κ2) is 6.45. The van der Waals surface area contributed by atoms with E-state index in [-0.39, 0.29) is 22.2 Å². The van der Waals surface area contributed by atoms with Crippen LogP contribution in [0.15, 0.2) is 22.8 Å². The molecule has 0 saturated heterocycles. The van der Waals surface area contributed by atoms with Crippen molar-refractivity contribution in [3.05, 3.63) is 39.5 Å². The van der Waals surface area contributed by atoms with Gasteiger partial charge >= 0.3 is 0 Å². The standard InChI is InChI=1S/C13H11BrClF2N3/c1-2-5-18-13-19-6-9(16)12(20-13)7-3-4-8(14)10(15)11(7)17/h3-4,6H,2,5H2,1H3,(H,18,19,20). The highest BCUT2D eigenvalue weighted by molar-refractivity contribution is 9.10. The molecule has 1 heterocycles. The normalized spacial score (nSPS) is 10.7. The van der Waals surface area contributed by atoms with Crippen molar-refractivity contribution in [2.24, 2.45) is 0 Å². The van der Waals surface area contributed by atoms with Gasteiger partial charge < -0.3 is 5.32 Å². The Morgan fingerprint density at radius 2 is 2.10 bits per heavy atom. The molecule has 2 aromatic rings. The van der Waals surface area contributed by atoms with Crippen molar-refractivity contribution in [1.82, 2.24) is 9.97 Å². The number of rotatable bonds is 4. The first-order valence-electron chi connectivity index (χ1n) is 5.94. The molecule has 0 bridgehead atoms. The third-order valence-corrected chi connectivity index (χ3v) is 3.83. The van der Waals surface area contributed by atoms with E-state index in [1.165, 1.54) is 6.07 Å². The first-order valence-corrected chi connectivity index (χ1v) is 7.12. The Morgan fingerprint density at radius 3 is 2.80 bits per heavy atom. The summed E-state index contributed by atoms with van der Waals surface area (Å²) in [5.74, 6) is -1.17. The molecule has 0 radical (unpaired) electrons. The molecule has 0 aliphatic heterocycles. The molecule has 1 aromatic heterocycles. The van der Waals surface area contributed by atoms with Gasteiger partial charge in [-0.2, -0.15) is 0 Å². The third-order valence-electron chi connectivity index (χ3n) is 2.57. The van der Waals surface area contributed by atoms with Crippen LogP contribution in [-0.4, -0.2) is 16.5 Å². The number of nitrogens with one attached hydrogen (secondary N) is 1. The zero-order valence-corrected chi connectivity index (χ0v) is 12.9. The van der Waals surface area contributed by atoms with E-state index in [0.717, 1.165) is 12.6 Å². The predicted octanol–water partition coefficient (Wildman–Crippen LogP) is 4.66. The van der Waals surface area contributed by atoms with Crippen LogP contribution in [0.1, 0.15) is 13.3 Å². The summed E-state index contributed by atoms with van der Waals surface area (Å²) < 4.78 is 28.3. The monoisotopic (exact) mass is 361 g/mol. The largest absolute Gasteiger partial charge is 0.354 e. The maximum absolute atomic E-state index is 14.1. The SMILES string of the molecule is CCCNc1ncc(F)c(-c2ccc(Br)c(Cl)c2F)n1. The number of benzene rings is 1. The summed E-state index contributed by atoms with van der Waals surface area (Å²) in [4.78, 5) is 7.81. The summed E-state index contributed by atoms with van der Waals surface area (Å²) in [7, 11) is 0. The molecule has 0 amide bonds. The molecule has 1 N–H and O–H groups in total. The zero-order valence-electron chi connectivity index (χ0n) is 10.6. The van der Waals surface area contributed by atoms with E-state index in [9.17, 15) is 8.78 Å². The molecule has 0 unspecified atom stereocenters. The van der Waals surface area contributed by atoms with Crippen molar-refractivity contribution < 1.29 is 8.78 Å². The number of halogens is 4.